The highest BCUT2D eigenvalue weighted by Gasteiger charge is 2.42. The second kappa shape index (κ2) is 4.52. The molecule has 0 bridgehead atoms. The molecular weight excluding hydrogens is 211 g/mol. The van der Waals surface area contributed by atoms with Gasteiger partial charge < -0.3 is 4.74 Å². The lowest BCUT2D eigenvalue weighted by Gasteiger charge is -2.17. The second-order valence-electron chi connectivity index (χ2n) is 3.82. The van der Waals surface area contributed by atoms with Crippen molar-refractivity contribution in [2.24, 2.45) is 11.8 Å². The summed E-state index contributed by atoms with van der Waals surface area (Å²) < 4.78 is 5.13. The molecule has 0 radical (unpaired) electrons. The van der Waals surface area contributed by atoms with Crippen molar-refractivity contribution in [1.82, 2.24) is 0 Å². The number of carbonyl (C=O) groups excluding carboxylic acids is 1. The van der Waals surface area contributed by atoms with Crippen LogP contribution >= 0.6 is 23.2 Å². The minimum absolute atomic E-state index is 0.0294. The van der Waals surface area contributed by atoms with E-state index in [1.54, 1.807) is 0 Å². The predicted octanol–water partition coefficient (Wildman–Crippen LogP) is 2.42. The normalized spacial score (nSPS) is 33.9. The molecular formula is C9H14Cl2O2. The molecule has 1 saturated heterocycles. The molecule has 0 N–H and O–H groups in total. The zero-order valence-corrected chi connectivity index (χ0v) is 9.31. The van der Waals surface area contributed by atoms with E-state index in [1.165, 1.54) is 0 Å². The standard InChI is InChI=1S/C9H14Cl2O2/c1-5(2)3-7-6(4-10)8(11)9(12)13-7/h5-8H,3-4H2,1-2H3. The number of esters is 1. The summed E-state index contributed by atoms with van der Waals surface area (Å²) in [4.78, 5) is 11.1. The summed E-state index contributed by atoms with van der Waals surface area (Å²) in [5.41, 5.74) is 0. The van der Waals surface area contributed by atoms with Crippen LogP contribution in [0.1, 0.15) is 20.3 Å². The van der Waals surface area contributed by atoms with Gasteiger partial charge in [0, 0.05) is 11.8 Å². The Labute approximate surface area is 88.5 Å². The van der Waals surface area contributed by atoms with E-state index in [1.807, 2.05) is 0 Å². The minimum Gasteiger partial charge on any atom is -0.461 e. The molecule has 1 aliphatic heterocycles. The summed E-state index contributed by atoms with van der Waals surface area (Å²) >= 11 is 11.6. The summed E-state index contributed by atoms with van der Waals surface area (Å²) in [7, 11) is 0. The fraction of sp³-hybridized carbons (Fsp3) is 0.889. The summed E-state index contributed by atoms with van der Waals surface area (Å²) in [5, 5.41) is -0.554. The van der Waals surface area contributed by atoms with Crippen molar-refractivity contribution in [3.05, 3.63) is 0 Å². The van der Waals surface area contributed by atoms with Gasteiger partial charge in [0.15, 0.2) is 0 Å². The quantitative estimate of drug-likeness (QED) is 0.544. The Bertz CT molecular complexity index is 194. The van der Waals surface area contributed by atoms with E-state index in [-0.39, 0.29) is 18.0 Å². The van der Waals surface area contributed by atoms with Gasteiger partial charge in [-0.3, -0.25) is 4.79 Å². The highest BCUT2D eigenvalue weighted by atomic mass is 35.5. The van der Waals surface area contributed by atoms with Crippen LogP contribution in [-0.2, 0) is 9.53 Å². The number of halogens is 2. The average Bonchev–Trinajstić information content (AvgIpc) is 2.27. The number of cyclic esters (lactones) is 1. The third-order valence-electron chi connectivity index (χ3n) is 2.23. The van der Waals surface area contributed by atoms with Gasteiger partial charge in [0.2, 0.25) is 0 Å². The fourth-order valence-electron chi connectivity index (χ4n) is 1.53. The average molecular weight is 225 g/mol. The summed E-state index contributed by atoms with van der Waals surface area (Å²) in [5.74, 6) is 0.527. The Morgan fingerprint density at radius 2 is 2.15 bits per heavy atom. The van der Waals surface area contributed by atoms with Crippen molar-refractivity contribution < 1.29 is 9.53 Å². The second-order valence-corrected chi connectivity index (χ2v) is 4.60. The van der Waals surface area contributed by atoms with Gasteiger partial charge in [-0.25, -0.2) is 0 Å². The third-order valence-corrected chi connectivity index (χ3v) is 3.09. The van der Waals surface area contributed by atoms with Gasteiger partial charge in [-0.2, -0.15) is 0 Å². The van der Waals surface area contributed by atoms with E-state index in [0.717, 1.165) is 6.42 Å². The van der Waals surface area contributed by atoms with E-state index in [9.17, 15) is 4.79 Å². The molecule has 1 aliphatic rings. The smallest absolute Gasteiger partial charge is 0.324 e. The maximum Gasteiger partial charge on any atom is 0.324 e. The Kier molecular flexibility index (Phi) is 3.87. The number of carbonyl (C=O) groups is 1. The SMILES string of the molecule is CC(C)CC1OC(=O)C(Cl)C1CCl. The highest BCUT2D eigenvalue weighted by molar-refractivity contribution is 6.31. The molecule has 1 rings (SSSR count). The van der Waals surface area contributed by atoms with Crippen LogP contribution in [0.4, 0.5) is 0 Å². The number of rotatable bonds is 3. The zero-order chi connectivity index (χ0) is 10.0. The number of ether oxygens (including phenoxy) is 1. The third kappa shape index (κ3) is 2.50. The Morgan fingerprint density at radius 3 is 2.62 bits per heavy atom. The first-order valence-electron chi connectivity index (χ1n) is 4.46. The Morgan fingerprint density at radius 1 is 1.54 bits per heavy atom. The van der Waals surface area contributed by atoms with E-state index in [2.05, 4.69) is 13.8 Å². The molecule has 76 valence electrons. The van der Waals surface area contributed by atoms with Crippen molar-refractivity contribution in [3.8, 4) is 0 Å². The maximum absolute atomic E-state index is 11.1. The monoisotopic (exact) mass is 224 g/mol. The maximum atomic E-state index is 11.1. The molecule has 0 aromatic rings. The molecule has 0 aliphatic carbocycles. The highest BCUT2D eigenvalue weighted by Crippen LogP contribution is 2.31. The van der Waals surface area contributed by atoms with Crippen LogP contribution in [-0.4, -0.2) is 23.3 Å². The molecule has 0 aromatic heterocycles. The van der Waals surface area contributed by atoms with Crippen molar-refractivity contribution >= 4 is 29.2 Å². The molecule has 3 atom stereocenters. The van der Waals surface area contributed by atoms with Crippen LogP contribution in [0.3, 0.4) is 0 Å². The van der Waals surface area contributed by atoms with Gasteiger partial charge in [-0.15, -0.1) is 23.2 Å². The molecule has 0 saturated carbocycles. The van der Waals surface area contributed by atoms with Crippen molar-refractivity contribution in [3.63, 3.8) is 0 Å². The number of hydrogen-bond donors (Lipinski definition) is 0. The summed E-state index contributed by atoms with van der Waals surface area (Å²) in [6, 6.07) is 0. The largest absolute Gasteiger partial charge is 0.461 e. The van der Waals surface area contributed by atoms with E-state index in [4.69, 9.17) is 27.9 Å². The molecule has 0 amide bonds. The van der Waals surface area contributed by atoms with Crippen LogP contribution in [0.2, 0.25) is 0 Å². The van der Waals surface area contributed by atoms with Gasteiger partial charge in [0.05, 0.1) is 0 Å². The van der Waals surface area contributed by atoms with Gasteiger partial charge >= 0.3 is 5.97 Å². The molecule has 4 heteroatoms. The predicted molar refractivity (Wildman–Crippen MR) is 53.2 cm³/mol. The summed E-state index contributed by atoms with van der Waals surface area (Å²) in [6.07, 6.45) is 0.749. The van der Waals surface area contributed by atoms with Crippen LogP contribution in [0, 0.1) is 11.8 Å². The molecule has 2 nitrogen and oxygen atoms in total. The van der Waals surface area contributed by atoms with Gasteiger partial charge in [0.1, 0.15) is 11.5 Å². The molecule has 0 aromatic carbocycles. The first-order chi connectivity index (χ1) is 6.06. The molecule has 1 heterocycles. The summed E-state index contributed by atoms with van der Waals surface area (Å²) in [6.45, 7) is 4.17. The lowest BCUT2D eigenvalue weighted by Crippen LogP contribution is -2.24. The Hall–Kier alpha value is 0.0500. The molecule has 0 spiro atoms. The Balaban J connectivity index is 2.59. The van der Waals surface area contributed by atoms with Crippen molar-refractivity contribution in [2.45, 2.75) is 31.7 Å². The first kappa shape index (κ1) is 11.1. The lowest BCUT2D eigenvalue weighted by molar-refractivity contribution is -0.141. The topological polar surface area (TPSA) is 26.3 Å². The van der Waals surface area contributed by atoms with Gasteiger partial charge in [-0.1, -0.05) is 13.8 Å². The van der Waals surface area contributed by atoms with E-state index < -0.39 is 5.38 Å². The van der Waals surface area contributed by atoms with Crippen molar-refractivity contribution in [1.29, 1.82) is 0 Å². The fourth-order valence-corrected chi connectivity index (χ4v) is 2.30. The van der Waals surface area contributed by atoms with E-state index in [0.29, 0.717) is 11.8 Å². The van der Waals surface area contributed by atoms with Crippen LogP contribution in [0.15, 0.2) is 0 Å². The lowest BCUT2D eigenvalue weighted by atomic mass is 9.95. The van der Waals surface area contributed by atoms with Crippen LogP contribution < -0.4 is 0 Å². The van der Waals surface area contributed by atoms with Gasteiger partial charge in [0.25, 0.3) is 0 Å². The molecule has 1 fully saturated rings. The van der Waals surface area contributed by atoms with Crippen molar-refractivity contribution in [2.75, 3.05) is 5.88 Å². The van der Waals surface area contributed by atoms with E-state index >= 15 is 0 Å². The minimum atomic E-state index is -0.554. The number of hydrogen-bond acceptors (Lipinski definition) is 2. The molecule has 3 unspecified atom stereocenters. The van der Waals surface area contributed by atoms with Crippen LogP contribution in [0.25, 0.3) is 0 Å². The van der Waals surface area contributed by atoms with Crippen LogP contribution in [0.5, 0.6) is 0 Å². The first-order valence-corrected chi connectivity index (χ1v) is 5.44. The number of alkyl halides is 2. The molecule has 13 heavy (non-hydrogen) atoms. The zero-order valence-electron chi connectivity index (χ0n) is 7.80. The van der Waals surface area contributed by atoms with Gasteiger partial charge in [-0.05, 0) is 12.3 Å².